The van der Waals surface area contributed by atoms with Gasteiger partial charge >= 0.3 is 0 Å². The summed E-state index contributed by atoms with van der Waals surface area (Å²) >= 11 is 0. The maximum absolute atomic E-state index is 12.0. The quantitative estimate of drug-likeness (QED) is 0.875. The van der Waals surface area contributed by atoms with Crippen molar-refractivity contribution in [3.8, 4) is 0 Å². The molecule has 1 aromatic rings. The van der Waals surface area contributed by atoms with Crippen LogP contribution in [0.5, 0.6) is 0 Å². The lowest BCUT2D eigenvalue weighted by Gasteiger charge is -2.26. The van der Waals surface area contributed by atoms with Crippen LogP contribution in [0.15, 0.2) is 6.07 Å². The zero-order valence-corrected chi connectivity index (χ0v) is 12.2. The van der Waals surface area contributed by atoms with Crippen molar-refractivity contribution in [2.75, 3.05) is 5.32 Å². The van der Waals surface area contributed by atoms with E-state index in [0.29, 0.717) is 17.7 Å². The molecule has 4 nitrogen and oxygen atoms in total. The van der Waals surface area contributed by atoms with E-state index in [1.54, 1.807) is 0 Å². The van der Waals surface area contributed by atoms with Gasteiger partial charge in [0.15, 0.2) is 5.82 Å². The van der Waals surface area contributed by atoms with Crippen molar-refractivity contribution in [2.24, 2.45) is 22.7 Å². The maximum Gasteiger partial charge on any atom is 0.232 e. The summed E-state index contributed by atoms with van der Waals surface area (Å²) in [5.41, 5.74) is 1.39. The number of anilines is 1. The fraction of sp³-hybridized carbons (Fsp3) is 0.733. The minimum atomic E-state index is 0.0117. The summed E-state index contributed by atoms with van der Waals surface area (Å²) in [4.78, 5) is 12.0. The van der Waals surface area contributed by atoms with Gasteiger partial charge in [-0.3, -0.25) is 9.89 Å². The number of hydrogen-bond donors (Lipinski definition) is 2. The molecule has 0 aromatic carbocycles. The highest BCUT2D eigenvalue weighted by molar-refractivity contribution is 5.99. The molecule has 4 heteroatoms. The first kappa shape index (κ1) is 12.7. The summed E-state index contributed by atoms with van der Waals surface area (Å²) in [5, 5.41) is 10.2. The molecule has 2 fully saturated rings. The number of aromatic nitrogens is 2. The molecule has 2 aliphatic carbocycles. The lowest BCUT2D eigenvalue weighted by atomic mass is 9.79. The molecule has 1 atom stereocenters. The molecule has 0 radical (unpaired) electrons. The number of nitrogens with one attached hydrogen (secondary N) is 2. The normalized spacial score (nSPS) is 29.6. The van der Waals surface area contributed by atoms with E-state index in [4.69, 9.17) is 0 Å². The smallest absolute Gasteiger partial charge is 0.232 e. The second-order valence-electron chi connectivity index (χ2n) is 7.47. The first-order chi connectivity index (χ1) is 8.81. The molecular formula is C15H23N3O. The van der Waals surface area contributed by atoms with Crippen LogP contribution in [-0.2, 0) is 11.2 Å². The number of amides is 1. The second kappa shape index (κ2) is 3.84. The Labute approximate surface area is 114 Å². The van der Waals surface area contributed by atoms with Gasteiger partial charge in [0.25, 0.3) is 0 Å². The van der Waals surface area contributed by atoms with E-state index in [-0.39, 0.29) is 16.7 Å². The van der Waals surface area contributed by atoms with E-state index in [1.807, 2.05) is 6.07 Å². The van der Waals surface area contributed by atoms with Crippen LogP contribution in [-0.4, -0.2) is 16.1 Å². The van der Waals surface area contributed by atoms with Crippen molar-refractivity contribution < 1.29 is 4.79 Å². The first-order valence-electron chi connectivity index (χ1n) is 7.17. The first-order valence-corrected chi connectivity index (χ1v) is 7.17. The second-order valence-corrected chi connectivity index (χ2v) is 7.47. The molecule has 0 spiro atoms. The monoisotopic (exact) mass is 261 g/mol. The predicted molar refractivity (Wildman–Crippen MR) is 74.7 cm³/mol. The number of rotatable bonds is 4. The molecular weight excluding hydrogens is 238 g/mol. The van der Waals surface area contributed by atoms with Crippen LogP contribution < -0.4 is 5.32 Å². The van der Waals surface area contributed by atoms with Gasteiger partial charge in [-0.25, -0.2) is 0 Å². The molecule has 104 valence electrons. The summed E-state index contributed by atoms with van der Waals surface area (Å²) in [7, 11) is 0. The third kappa shape index (κ3) is 2.28. The Kier molecular flexibility index (Phi) is 2.57. The van der Waals surface area contributed by atoms with E-state index in [9.17, 15) is 4.79 Å². The van der Waals surface area contributed by atoms with Gasteiger partial charge in [0.2, 0.25) is 5.91 Å². The zero-order chi connectivity index (χ0) is 13.8. The number of carbonyl (C=O) groups excluding carboxylic acids is 1. The summed E-state index contributed by atoms with van der Waals surface area (Å²) in [6.45, 7) is 8.99. The van der Waals surface area contributed by atoms with E-state index in [2.05, 4.69) is 43.2 Å². The number of nitrogens with zero attached hydrogens (tertiary/aromatic N) is 1. The highest BCUT2D eigenvalue weighted by Gasteiger charge is 2.74. The van der Waals surface area contributed by atoms with E-state index in [1.165, 1.54) is 0 Å². The van der Waals surface area contributed by atoms with Crippen molar-refractivity contribution in [3.63, 3.8) is 0 Å². The number of H-pyrrole nitrogens is 1. The van der Waals surface area contributed by atoms with Crippen LogP contribution in [0.2, 0.25) is 0 Å². The fourth-order valence-electron chi connectivity index (χ4n) is 2.48. The summed E-state index contributed by atoms with van der Waals surface area (Å²) in [5.74, 6) is 2.07. The average Bonchev–Trinajstić information content (AvgIpc) is 3.09. The molecule has 1 amide bonds. The molecule has 2 aliphatic rings. The Hall–Kier alpha value is -1.32. The Morgan fingerprint density at radius 3 is 2.74 bits per heavy atom. The predicted octanol–water partition coefficient (Wildman–Crippen LogP) is 2.98. The Bertz CT molecular complexity index is 506. The zero-order valence-electron chi connectivity index (χ0n) is 12.2. The standard InChI is InChI=1S/C15H23N3O/c1-9(14(2,3)4)5-11-6-12(18-17-11)16-13(19)15-7-10(15)8-15/h6,9-10H,5,7-8H2,1-4H3,(H2,16,17,18,19). The SMILES string of the molecule is CC(Cc1cc(NC(=O)C23CC2C3)n[nH]1)C(C)(C)C. The summed E-state index contributed by atoms with van der Waals surface area (Å²) in [6, 6.07) is 1.97. The van der Waals surface area contributed by atoms with Crippen LogP contribution in [0.1, 0.15) is 46.2 Å². The van der Waals surface area contributed by atoms with Crippen molar-refractivity contribution in [1.29, 1.82) is 0 Å². The fourth-order valence-corrected chi connectivity index (χ4v) is 2.48. The molecule has 1 unspecified atom stereocenters. The van der Waals surface area contributed by atoms with Crippen LogP contribution >= 0.6 is 0 Å². The van der Waals surface area contributed by atoms with Gasteiger partial charge in [0, 0.05) is 11.8 Å². The van der Waals surface area contributed by atoms with Crippen molar-refractivity contribution >= 4 is 11.7 Å². The van der Waals surface area contributed by atoms with Crippen molar-refractivity contribution in [1.82, 2.24) is 10.2 Å². The number of aromatic amines is 1. The Morgan fingerprint density at radius 1 is 1.58 bits per heavy atom. The number of carbonyl (C=O) groups is 1. The van der Waals surface area contributed by atoms with Crippen LogP contribution in [0.3, 0.4) is 0 Å². The molecule has 2 N–H and O–H groups in total. The minimum Gasteiger partial charge on any atom is -0.309 e. The molecule has 1 heterocycles. The third-order valence-electron chi connectivity index (χ3n) is 5.01. The largest absolute Gasteiger partial charge is 0.309 e. The van der Waals surface area contributed by atoms with Gasteiger partial charge in [0.1, 0.15) is 0 Å². The van der Waals surface area contributed by atoms with Gasteiger partial charge in [-0.2, -0.15) is 5.10 Å². The van der Waals surface area contributed by atoms with Gasteiger partial charge in [-0.1, -0.05) is 27.7 Å². The van der Waals surface area contributed by atoms with Gasteiger partial charge in [-0.15, -0.1) is 0 Å². The molecule has 1 aromatic heterocycles. The Morgan fingerprint density at radius 2 is 2.21 bits per heavy atom. The van der Waals surface area contributed by atoms with E-state index in [0.717, 1.165) is 25.0 Å². The van der Waals surface area contributed by atoms with Gasteiger partial charge < -0.3 is 5.32 Å². The highest BCUT2D eigenvalue weighted by atomic mass is 16.2. The lowest BCUT2D eigenvalue weighted by molar-refractivity contribution is -0.119. The minimum absolute atomic E-state index is 0.0117. The lowest BCUT2D eigenvalue weighted by Crippen LogP contribution is -2.19. The van der Waals surface area contributed by atoms with Crippen LogP contribution in [0.25, 0.3) is 0 Å². The van der Waals surface area contributed by atoms with Crippen molar-refractivity contribution in [3.05, 3.63) is 11.8 Å². The third-order valence-corrected chi connectivity index (χ3v) is 5.01. The summed E-state index contributed by atoms with van der Waals surface area (Å²) in [6.07, 6.45) is 3.12. The maximum atomic E-state index is 12.0. The molecule has 2 saturated carbocycles. The topological polar surface area (TPSA) is 57.8 Å². The van der Waals surface area contributed by atoms with Crippen LogP contribution in [0, 0.1) is 22.7 Å². The Balaban J connectivity index is 1.58. The number of hydrogen-bond acceptors (Lipinski definition) is 2. The molecule has 0 aliphatic heterocycles. The van der Waals surface area contributed by atoms with Crippen molar-refractivity contribution in [2.45, 2.75) is 47.0 Å². The van der Waals surface area contributed by atoms with Gasteiger partial charge in [-0.05, 0) is 36.5 Å². The van der Waals surface area contributed by atoms with E-state index < -0.39 is 0 Å². The highest BCUT2D eigenvalue weighted by Crippen LogP contribution is 2.75. The van der Waals surface area contributed by atoms with Crippen LogP contribution in [0.4, 0.5) is 5.82 Å². The average molecular weight is 261 g/mol. The van der Waals surface area contributed by atoms with E-state index >= 15 is 0 Å². The molecule has 0 saturated heterocycles. The van der Waals surface area contributed by atoms with Gasteiger partial charge in [0.05, 0.1) is 5.41 Å². The molecule has 19 heavy (non-hydrogen) atoms. The number of fused-ring (bicyclic) bond motifs is 1. The molecule has 0 bridgehead atoms. The molecule has 3 rings (SSSR count). The summed E-state index contributed by atoms with van der Waals surface area (Å²) < 4.78 is 0.